The van der Waals surface area contributed by atoms with E-state index in [0.29, 0.717) is 5.92 Å². The van der Waals surface area contributed by atoms with Crippen molar-refractivity contribution in [3.8, 4) is 0 Å². The molecule has 0 bridgehead atoms. The van der Waals surface area contributed by atoms with Gasteiger partial charge in [0.2, 0.25) is 11.8 Å². The predicted octanol–water partition coefficient (Wildman–Crippen LogP) is 2.41. The number of nitrogens with zero attached hydrogens (tertiary/aromatic N) is 4. The summed E-state index contributed by atoms with van der Waals surface area (Å²) in [6.07, 6.45) is 7.24. The maximum absolute atomic E-state index is 6.07. The molecule has 1 unspecified atom stereocenters. The van der Waals surface area contributed by atoms with E-state index < -0.39 is 0 Å². The van der Waals surface area contributed by atoms with Gasteiger partial charge in [0.15, 0.2) is 0 Å². The minimum atomic E-state index is 0.216. The van der Waals surface area contributed by atoms with E-state index in [-0.39, 0.29) is 6.04 Å². The number of H-pyrrole nitrogens is 1. The third kappa shape index (κ3) is 3.30. The monoisotopic (exact) mass is 317 g/mol. The Bertz CT molecular complexity index is 606. The van der Waals surface area contributed by atoms with Gasteiger partial charge in [-0.3, -0.25) is 10.00 Å². The quantitative estimate of drug-likeness (QED) is 0.933. The number of nitrogens with one attached hydrogen (secondary N) is 1. The third-order valence-corrected chi connectivity index (χ3v) is 4.86. The highest BCUT2D eigenvalue weighted by Gasteiger charge is 2.30. The van der Waals surface area contributed by atoms with E-state index in [2.05, 4.69) is 25.3 Å². The molecule has 2 aromatic heterocycles. The van der Waals surface area contributed by atoms with Gasteiger partial charge >= 0.3 is 0 Å². The van der Waals surface area contributed by atoms with Crippen LogP contribution in [0, 0.1) is 0 Å². The van der Waals surface area contributed by atoms with Crippen LogP contribution in [0.4, 0.5) is 0 Å². The van der Waals surface area contributed by atoms with Crippen LogP contribution in [0.5, 0.6) is 0 Å². The minimum Gasteiger partial charge on any atom is -0.423 e. The van der Waals surface area contributed by atoms with Gasteiger partial charge in [-0.2, -0.15) is 5.10 Å². The molecule has 23 heavy (non-hydrogen) atoms. The largest absolute Gasteiger partial charge is 0.423 e. The summed E-state index contributed by atoms with van der Waals surface area (Å²) >= 11 is 0. The topological polar surface area (TPSA) is 80.1 Å². The van der Waals surface area contributed by atoms with Crippen LogP contribution in [0.3, 0.4) is 0 Å². The van der Waals surface area contributed by atoms with Gasteiger partial charge in [0, 0.05) is 37.6 Å². The van der Waals surface area contributed by atoms with Crippen LogP contribution >= 0.6 is 0 Å². The second-order valence-electron chi connectivity index (χ2n) is 6.43. The molecule has 124 valence electrons. The first kappa shape index (κ1) is 14.8. The number of hydrogen-bond donors (Lipinski definition) is 1. The van der Waals surface area contributed by atoms with E-state index in [9.17, 15) is 0 Å². The first-order valence-electron chi connectivity index (χ1n) is 8.53. The molecule has 2 aliphatic rings. The fraction of sp³-hybridized carbons (Fsp3) is 0.688. The van der Waals surface area contributed by atoms with Crippen LogP contribution < -0.4 is 0 Å². The normalized spacial score (nSPS) is 24.1. The van der Waals surface area contributed by atoms with Crippen molar-refractivity contribution in [3.05, 3.63) is 29.7 Å². The summed E-state index contributed by atoms with van der Waals surface area (Å²) in [7, 11) is 0. The van der Waals surface area contributed by atoms with Crippen molar-refractivity contribution in [2.75, 3.05) is 19.8 Å². The first-order chi connectivity index (χ1) is 11.4. The standard InChI is InChI=1S/C16H23N5O2/c1-2-8-21(11-13-4-7-17-18-13)14(3-1)16-20-19-15(23-16)12-5-9-22-10-6-12/h4,7,12,14H,1-3,5-6,8-11H2,(H,17,18). The molecule has 2 aromatic rings. The van der Waals surface area contributed by atoms with Crippen LogP contribution in [0.25, 0.3) is 0 Å². The highest BCUT2D eigenvalue weighted by molar-refractivity contribution is 5.02. The van der Waals surface area contributed by atoms with Gasteiger partial charge in [0.25, 0.3) is 0 Å². The summed E-state index contributed by atoms with van der Waals surface area (Å²) in [4.78, 5) is 2.41. The Morgan fingerprint density at radius 1 is 1.13 bits per heavy atom. The maximum atomic E-state index is 6.07. The molecule has 4 heterocycles. The van der Waals surface area contributed by atoms with Crippen molar-refractivity contribution in [2.24, 2.45) is 0 Å². The Kier molecular flexibility index (Phi) is 4.39. The Labute approximate surface area is 135 Å². The van der Waals surface area contributed by atoms with Gasteiger partial charge in [-0.25, -0.2) is 0 Å². The van der Waals surface area contributed by atoms with E-state index in [1.807, 2.05) is 6.07 Å². The highest BCUT2D eigenvalue weighted by atomic mass is 16.5. The van der Waals surface area contributed by atoms with E-state index in [1.165, 1.54) is 12.8 Å². The maximum Gasteiger partial charge on any atom is 0.233 e. The van der Waals surface area contributed by atoms with Gasteiger partial charge in [0.1, 0.15) is 0 Å². The summed E-state index contributed by atoms with van der Waals surface area (Å²) in [6.45, 7) is 3.48. The molecule has 0 aromatic carbocycles. The van der Waals surface area contributed by atoms with Crippen molar-refractivity contribution in [2.45, 2.75) is 50.6 Å². The molecule has 0 amide bonds. The predicted molar refractivity (Wildman–Crippen MR) is 82.7 cm³/mol. The van der Waals surface area contributed by atoms with Gasteiger partial charge in [-0.15, -0.1) is 10.2 Å². The lowest BCUT2D eigenvalue weighted by Crippen LogP contribution is -2.33. The molecule has 7 nitrogen and oxygen atoms in total. The highest BCUT2D eigenvalue weighted by Crippen LogP contribution is 2.33. The smallest absolute Gasteiger partial charge is 0.233 e. The molecule has 4 rings (SSSR count). The molecule has 7 heteroatoms. The van der Waals surface area contributed by atoms with Crippen molar-refractivity contribution < 1.29 is 9.15 Å². The zero-order valence-electron chi connectivity index (χ0n) is 13.3. The Hall–Kier alpha value is -1.73. The zero-order chi connectivity index (χ0) is 15.5. The first-order valence-corrected chi connectivity index (χ1v) is 8.53. The van der Waals surface area contributed by atoms with E-state index in [4.69, 9.17) is 9.15 Å². The lowest BCUT2D eigenvalue weighted by Gasteiger charge is -2.32. The summed E-state index contributed by atoms with van der Waals surface area (Å²) in [5.74, 6) is 1.91. The Morgan fingerprint density at radius 3 is 2.83 bits per heavy atom. The van der Waals surface area contributed by atoms with Crippen LogP contribution in [0.15, 0.2) is 16.7 Å². The molecule has 1 N–H and O–H groups in total. The number of ether oxygens (including phenoxy) is 1. The van der Waals surface area contributed by atoms with Gasteiger partial charge < -0.3 is 9.15 Å². The van der Waals surface area contributed by atoms with Gasteiger partial charge in [0.05, 0.1) is 6.04 Å². The number of aromatic amines is 1. The average molecular weight is 317 g/mol. The van der Waals surface area contributed by atoms with Crippen molar-refractivity contribution >= 4 is 0 Å². The molecule has 2 fully saturated rings. The minimum absolute atomic E-state index is 0.216. The Balaban J connectivity index is 1.49. The number of aromatic nitrogens is 4. The second kappa shape index (κ2) is 6.80. The fourth-order valence-electron chi connectivity index (χ4n) is 3.54. The molecule has 2 saturated heterocycles. The second-order valence-corrected chi connectivity index (χ2v) is 6.43. The van der Waals surface area contributed by atoms with Gasteiger partial charge in [-0.05, 0) is 38.3 Å². The molecular formula is C16H23N5O2. The van der Waals surface area contributed by atoms with Crippen molar-refractivity contribution in [3.63, 3.8) is 0 Å². The van der Waals surface area contributed by atoms with Crippen LogP contribution in [0.1, 0.15) is 61.5 Å². The molecule has 0 saturated carbocycles. The van der Waals surface area contributed by atoms with E-state index in [0.717, 1.165) is 63.0 Å². The number of piperidine rings is 1. The van der Waals surface area contributed by atoms with E-state index >= 15 is 0 Å². The van der Waals surface area contributed by atoms with Crippen molar-refractivity contribution in [1.29, 1.82) is 0 Å². The summed E-state index contributed by atoms with van der Waals surface area (Å²) in [5.41, 5.74) is 1.13. The lowest BCUT2D eigenvalue weighted by atomic mass is 10.0. The average Bonchev–Trinajstić information content (AvgIpc) is 3.28. The molecule has 0 aliphatic carbocycles. The zero-order valence-corrected chi connectivity index (χ0v) is 13.3. The number of rotatable bonds is 4. The summed E-state index contributed by atoms with van der Waals surface area (Å²) in [6, 6.07) is 2.24. The third-order valence-electron chi connectivity index (χ3n) is 4.86. The van der Waals surface area contributed by atoms with Crippen LogP contribution in [0.2, 0.25) is 0 Å². The SMILES string of the molecule is c1cc(CN2CCCCC2c2nnc(C3CCOCC3)o2)[nH]n1. The molecule has 0 radical (unpaired) electrons. The van der Waals surface area contributed by atoms with E-state index in [1.54, 1.807) is 6.20 Å². The van der Waals surface area contributed by atoms with Crippen LogP contribution in [-0.4, -0.2) is 45.1 Å². The fourth-order valence-corrected chi connectivity index (χ4v) is 3.54. The lowest BCUT2D eigenvalue weighted by molar-refractivity contribution is 0.0767. The van der Waals surface area contributed by atoms with Crippen molar-refractivity contribution in [1.82, 2.24) is 25.3 Å². The summed E-state index contributed by atoms with van der Waals surface area (Å²) < 4.78 is 11.5. The molecular weight excluding hydrogens is 294 g/mol. The summed E-state index contributed by atoms with van der Waals surface area (Å²) in [5, 5.41) is 15.8. The van der Waals surface area contributed by atoms with Crippen LogP contribution in [-0.2, 0) is 11.3 Å². The Morgan fingerprint density at radius 2 is 2.00 bits per heavy atom. The molecule has 1 atom stereocenters. The number of hydrogen-bond acceptors (Lipinski definition) is 6. The van der Waals surface area contributed by atoms with Gasteiger partial charge in [-0.1, -0.05) is 6.42 Å². The molecule has 2 aliphatic heterocycles. The number of likely N-dealkylation sites (tertiary alicyclic amines) is 1. The molecule has 0 spiro atoms.